The first-order valence-corrected chi connectivity index (χ1v) is 7.12. The molecule has 1 saturated heterocycles. The number of nitrogens with zero attached hydrogens (tertiary/aromatic N) is 3. The molecule has 18 heavy (non-hydrogen) atoms. The van der Waals surface area contributed by atoms with Crippen molar-refractivity contribution in [1.82, 2.24) is 19.8 Å². The van der Waals surface area contributed by atoms with E-state index in [4.69, 9.17) is 0 Å². The first kappa shape index (κ1) is 13.6. The fourth-order valence-electron chi connectivity index (χ4n) is 2.85. The molecule has 4 heteroatoms. The van der Waals surface area contributed by atoms with Gasteiger partial charge in [-0.1, -0.05) is 13.8 Å². The lowest BCUT2D eigenvalue weighted by atomic mass is 9.90. The van der Waals surface area contributed by atoms with Crippen LogP contribution in [0.4, 0.5) is 0 Å². The molecule has 0 aromatic carbocycles. The summed E-state index contributed by atoms with van der Waals surface area (Å²) in [6.07, 6.45) is 7.38. The Balaban J connectivity index is 1.88. The monoisotopic (exact) mass is 250 g/mol. The van der Waals surface area contributed by atoms with Crippen LogP contribution in [0.2, 0.25) is 0 Å². The molecule has 0 amide bonds. The van der Waals surface area contributed by atoms with Crippen molar-refractivity contribution in [3.05, 3.63) is 18.2 Å². The van der Waals surface area contributed by atoms with Crippen molar-refractivity contribution in [2.24, 2.45) is 7.05 Å². The highest BCUT2D eigenvalue weighted by atomic mass is 15.2. The summed E-state index contributed by atoms with van der Waals surface area (Å²) in [6, 6.07) is 0. The van der Waals surface area contributed by atoms with E-state index in [0.717, 1.165) is 26.1 Å². The van der Waals surface area contributed by atoms with Crippen molar-refractivity contribution in [2.45, 2.75) is 38.6 Å². The molecule has 1 N–H and O–H groups in total. The summed E-state index contributed by atoms with van der Waals surface area (Å²) in [5.74, 6) is 1.19. The molecule has 0 bridgehead atoms. The summed E-state index contributed by atoms with van der Waals surface area (Å²) in [6.45, 7) is 9.14. The molecule has 1 aromatic rings. The van der Waals surface area contributed by atoms with Crippen LogP contribution in [0.15, 0.2) is 12.4 Å². The maximum absolute atomic E-state index is 4.40. The normalized spacial score (nSPS) is 20.2. The van der Waals surface area contributed by atoms with E-state index in [0.29, 0.717) is 5.54 Å². The zero-order chi connectivity index (χ0) is 13.0. The minimum Gasteiger partial charge on any atom is -0.338 e. The Hall–Kier alpha value is -0.870. The number of hydrogen-bond donors (Lipinski definition) is 1. The number of hydrogen-bond acceptors (Lipinski definition) is 3. The van der Waals surface area contributed by atoms with Gasteiger partial charge >= 0.3 is 0 Å². The van der Waals surface area contributed by atoms with E-state index in [1.165, 1.54) is 25.2 Å². The first-order valence-electron chi connectivity index (χ1n) is 7.12. The lowest BCUT2D eigenvalue weighted by molar-refractivity contribution is 0.124. The number of imidazole rings is 1. The van der Waals surface area contributed by atoms with Crippen LogP contribution in [0.5, 0.6) is 0 Å². The summed E-state index contributed by atoms with van der Waals surface area (Å²) in [5, 5.41) is 3.70. The smallest absolute Gasteiger partial charge is 0.109 e. The third-order valence-electron chi connectivity index (χ3n) is 4.38. The Morgan fingerprint density at radius 1 is 1.39 bits per heavy atom. The third-order valence-corrected chi connectivity index (χ3v) is 4.38. The van der Waals surface area contributed by atoms with Crippen molar-refractivity contribution < 1.29 is 0 Å². The molecule has 2 rings (SSSR count). The van der Waals surface area contributed by atoms with Crippen LogP contribution in [0.25, 0.3) is 0 Å². The Morgan fingerprint density at radius 2 is 2.17 bits per heavy atom. The van der Waals surface area contributed by atoms with Crippen LogP contribution in [-0.4, -0.2) is 46.2 Å². The van der Waals surface area contributed by atoms with E-state index >= 15 is 0 Å². The topological polar surface area (TPSA) is 33.1 Å². The minimum absolute atomic E-state index is 0.333. The van der Waals surface area contributed by atoms with Crippen LogP contribution in [0.3, 0.4) is 0 Å². The molecule has 0 aliphatic carbocycles. The molecular weight excluding hydrogens is 224 g/mol. The van der Waals surface area contributed by atoms with Gasteiger partial charge in [-0.3, -0.25) is 4.90 Å². The molecule has 0 unspecified atom stereocenters. The Kier molecular flexibility index (Phi) is 4.40. The highest BCUT2D eigenvalue weighted by Crippen LogP contribution is 2.19. The van der Waals surface area contributed by atoms with E-state index < -0.39 is 0 Å². The van der Waals surface area contributed by atoms with Gasteiger partial charge in [-0.25, -0.2) is 4.98 Å². The average Bonchev–Trinajstić information content (AvgIpc) is 2.82. The van der Waals surface area contributed by atoms with E-state index in [2.05, 4.69) is 40.7 Å². The maximum atomic E-state index is 4.40. The molecule has 0 radical (unpaired) electrons. The van der Waals surface area contributed by atoms with E-state index in [9.17, 15) is 0 Å². The lowest BCUT2D eigenvalue weighted by Crippen LogP contribution is -2.60. The third kappa shape index (κ3) is 2.93. The van der Waals surface area contributed by atoms with Crippen LogP contribution in [-0.2, 0) is 13.5 Å². The van der Waals surface area contributed by atoms with Gasteiger partial charge in [0, 0.05) is 57.6 Å². The largest absolute Gasteiger partial charge is 0.338 e. The molecule has 2 heterocycles. The lowest BCUT2D eigenvalue weighted by Gasteiger charge is -2.43. The van der Waals surface area contributed by atoms with Gasteiger partial charge in [0.05, 0.1) is 0 Å². The van der Waals surface area contributed by atoms with Crippen LogP contribution >= 0.6 is 0 Å². The summed E-state index contributed by atoms with van der Waals surface area (Å²) in [4.78, 5) is 6.98. The second-order valence-corrected chi connectivity index (χ2v) is 5.39. The van der Waals surface area contributed by atoms with Crippen LogP contribution < -0.4 is 5.32 Å². The molecular formula is C14H26N4. The zero-order valence-corrected chi connectivity index (χ0v) is 11.9. The van der Waals surface area contributed by atoms with Crippen molar-refractivity contribution in [3.8, 4) is 0 Å². The molecule has 0 saturated carbocycles. The van der Waals surface area contributed by atoms with Crippen LogP contribution in [0.1, 0.15) is 32.5 Å². The van der Waals surface area contributed by atoms with Crippen molar-refractivity contribution in [2.75, 3.05) is 26.2 Å². The van der Waals surface area contributed by atoms with Crippen molar-refractivity contribution in [1.29, 1.82) is 0 Å². The van der Waals surface area contributed by atoms with Crippen molar-refractivity contribution in [3.63, 3.8) is 0 Å². The number of aryl methyl sites for hydroxylation is 1. The summed E-state index contributed by atoms with van der Waals surface area (Å²) in [7, 11) is 2.07. The van der Waals surface area contributed by atoms with Crippen LogP contribution in [0, 0.1) is 0 Å². The summed E-state index contributed by atoms with van der Waals surface area (Å²) >= 11 is 0. The molecule has 1 aliphatic heterocycles. The van der Waals surface area contributed by atoms with Gasteiger partial charge in [0.1, 0.15) is 5.82 Å². The van der Waals surface area contributed by atoms with E-state index in [-0.39, 0.29) is 0 Å². The van der Waals surface area contributed by atoms with Gasteiger partial charge in [-0.2, -0.15) is 0 Å². The van der Waals surface area contributed by atoms with Gasteiger partial charge in [-0.15, -0.1) is 0 Å². The molecule has 102 valence electrons. The van der Waals surface area contributed by atoms with Gasteiger partial charge in [0.25, 0.3) is 0 Å². The predicted molar refractivity (Wildman–Crippen MR) is 74.7 cm³/mol. The molecule has 1 aliphatic rings. The highest BCUT2D eigenvalue weighted by Gasteiger charge is 2.31. The Bertz CT molecular complexity index is 368. The average molecular weight is 250 g/mol. The molecule has 4 nitrogen and oxygen atoms in total. The number of nitrogens with one attached hydrogen (secondary N) is 1. The standard InChI is InChI=1S/C14H26N4/c1-4-14(5-2)12-18(11-8-16-14)9-6-13-15-7-10-17(13)3/h7,10,16H,4-6,8-9,11-12H2,1-3H3. The maximum Gasteiger partial charge on any atom is 0.109 e. The molecule has 0 spiro atoms. The SMILES string of the molecule is CCC1(CC)CN(CCc2nccn2C)CCN1. The number of piperazine rings is 1. The highest BCUT2D eigenvalue weighted by molar-refractivity contribution is 4.95. The van der Waals surface area contributed by atoms with E-state index in [1.54, 1.807) is 0 Å². The Morgan fingerprint density at radius 3 is 2.78 bits per heavy atom. The van der Waals surface area contributed by atoms with Gasteiger partial charge in [-0.05, 0) is 12.8 Å². The zero-order valence-electron chi connectivity index (χ0n) is 11.9. The predicted octanol–water partition coefficient (Wildman–Crippen LogP) is 1.43. The molecule has 0 atom stereocenters. The second-order valence-electron chi connectivity index (χ2n) is 5.39. The van der Waals surface area contributed by atoms with Gasteiger partial charge in [0.15, 0.2) is 0 Å². The van der Waals surface area contributed by atoms with E-state index in [1.807, 2.05) is 12.4 Å². The second kappa shape index (κ2) is 5.85. The van der Waals surface area contributed by atoms with Gasteiger partial charge in [0.2, 0.25) is 0 Å². The first-order chi connectivity index (χ1) is 8.69. The quantitative estimate of drug-likeness (QED) is 0.858. The van der Waals surface area contributed by atoms with Crippen molar-refractivity contribution >= 4 is 0 Å². The summed E-state index contributed by atoms with van der Waals surface area (Å²) in [5.41, 5.74) is 0.333. The number of rotatable bonds is 5. The number of aromatic nitrogens is 2. The Labute approximate surface area is 110 Å². The fourth-order valence-corrected chi connectivity index (χ4v) is 2.85. The summed E-state index contributed by atoms with van der Waals surface area (Å²) < 4.78 is 2.12. The molecule has 1 aromatic heterocycles. The molecule has 1 fully saturated rings. The minimum atomic E-state index is 0.333. The fraction of sp³-hybridized carbons (Fsp3) is 0.786. The van der Waals surface area contributed by atoms with Gasteiger partial charge < -0.3 is 9.88 Å².